The fourth-order valence-electron chi connectivity index (χ4n) is 2.10. The summed E-state index contributed by atoms with van der Waals surface area (Å²) in [4.78, 5) is 0.336. The largest absolute Gasteiger partial charge is 0.388 e. The predicted octanol–water partition coefficient (Wildman–Crippen LogP) is 1.53. The summed E-state index contributed by atoms with van der Waals surface area (Å²) >= 11 is 0. The molecule has 0 radical (unpaired) electrons. The van der Waals surface area contributed by atoms with Gasteiger partial charge in [-0.2, -0.15) is 4.31 Å². The highest BCUT2D eigenvalue weighted by molar-refractivity contribution is 7.89. The van der Waals surface area contributed by atoms with Crippen LogP contribution in [0.1, 0.15) is 13.3 Å². The van der Waals surface area contributed by atoms with Crippen LogP contribution in [0.15, 0.2) is 29.2 Å². The normalized spacial score (nSPS) is 21.3. The Bertz CT molecular complexity index is 513. The summed E-state index contributed by atoms with van der Waals surface area (Å²) in [5, 5.41) is 2.97. The van der Waals surface area contributed by atoms with Crippen LogP contribution in [0.3, 0.4) is 0 Å². The molecule has 1 aliphatic rings. The number of rotatable bonds is 4. The molecule has 1 aliphatic heterocycles. The van der Waals surface area contributed by atoms with Crippen LogP contribution in [0.4, 0.5) is 5.69 Å². The number of hydrogen-bond donors (Lipinski definition) is 1. The van der Waals surface area contributed by atoms with Gasteiger partial charge in [-0.1, -0.05) is 6.92 Å². The highest BCUT2D eigenvalue weighted by atomic mass is 32.2. The third-order valence-corrected chi connectivity index (χ3v) is 5.22. The number of hydrogen-bond acceptors (Lipinski definition) is 4. The second-order valence-electron chi connectivity index (χ2n) is 4.54. The van der Waals surface area contributed by atoms with Gasteiger partial charge >= 0.3 is 0 Å². The van der Waals surface area contributed by atoms with Crippen molar-refractivity contribution in [2.75, 3.05) is 32.1 Å². The molecule has 1 aromatic rings. The van der Waals surface area contributed by atoms with Crippen LogP contribution in [0, 0.1) is 0 Å². The molecule has 0 amide bonds. The Morgan fingerprint density at radius 3 is 2.63 bits per heavy atom. The van der Waals surface area contributed by atoms with E-state index >= 15 is 0 Å². The highest BCUT2D eigenvalue weighted by Gasteiger charge is 2.29. The highest BCUT2D eigenvalue weighted by Crippen LogP contribution is 2.21. The average Bonchev–Trinajstić information content (AvgIpc) is 2.47. The Kier molecular flexibility index (Phi) is 4.44. The number of nitrogens with one attached hydrogen (secondary N) is 1. The lowest BCUT2D eigenvalue weighted by molar-refractivity contribution is -0.00277. The zero-order valence-electron chi connectivity index (χ0n) is 11.3. The van der Waals surface area contributed by atoms with Gasteiger partial charge in [0.25, 0.3) is 0 Å². The van der Waals surface area contributed by atoms with Crippen molar-refractivity contribution in [3.63, 3.8) is 0 Å². The first kappa shape index (κ1) is 14.3. The molecule has 6 heteroatoms. The van der Waals surface area contributed by atoms with Crippen molar-refractivity contribution in [1.82, 2.24) is 4.31 Å². The van der Waals surface area contributed by atoms with Crippen molar-refractivity contribution in [1.29, 1.82) is 0 Å². The first-order valence-electron chi connectivity index (χ1n) is 6.47. The molecule has 19 heavy (non-hydrogen) atoms. The van der Waals surface area contributed by atoms with Gasteiger partial charge in [-0.15, -0.1) is 0 Å². The van der Waals surface area contributed by atoms with Crippen molar-refractivity contribution < 1.29 is 13.2 Å². The van der Waals surface area contributed by atoms with E-state index in [0.717, 1.165) is 12.1 Å². The van der Waals surface area contributed by atoms with Crippen LogP contribution >= 0.6 is 0 Å². The minimum absolute atomic E-state index is 0.0000988. The molecular formula is C13H20N2O3S. The molecule has 1 aromatic carbocycles. The number of morpholine rings is 1. The molecule has 1 N–H and O–H groups in total. The van der Waals surface area contributed by atoms with E-state index in [4.69, 9.17) is 4.74 Å². The quantitative estimate of drug-likeness (QED) is 0.911. The molecule has 1 atom stereocenters. The van der Waals surface area contributed by atoms with E-state index < -0.39 is 10.0 Å². The van der Waals surface area contributed by atoms with Crippen LogP contribution in [-0.2, 0) is 14.8 Å². The maximum Gasteiger partial charge on any atom is 0.243 e. The lowest BCUT2D eigenvalue weighted by Crippen LogP contribution is -2.45. The molecule has 0 aliphatic carbocycles. The van der Waals surface area contributed by atoms with E-state index in [2.05, 4.69) is 5.32 Å². The average molecular weight is 284 g/mol. The van der Waals surface area contributed by atoms with E-state index in [-0.39, 0.29) is 6.10 Å². The van der Waals surface area contributed by atoms with Crippen LogP contribution in [0.2, 0.25) is 0 Å². The Morgan fingerprint density at radius 2 is 2.05 bits per heavy atom. The number of sulfonamides is 1. The molecule has 0 saturated carbocycles. The van der Waals surface area contributed by atoms with Crippen molar-refractivity contribution in [2.45, 2.75) is 24.3 Å². The van der Waals surface area contributed by atoms with Gasteiger partial charge in [-0.3, -0.25) is 0 Å². The van der Waals surface area contributed by atoms with Crippen LogP contribution in [0.25, 0.3) is 0 Å². The number of nitrogens with zero attached hydrogens (tertiary/aromatic N) is 1. The molecular weight excluding hydrogens is 264 g/mol. The number of ether oxygens (including phenoxy) is 1. The first-order valence-corrected chi connectivity index (χ1v) is 7.91. The molecule has 0 aromatic heterocycles. The Hall–Kier alpha value is -1.11. The Morgan fingerprint density at radius 1 is 1.37 bits per heavy atom. The van der Waals surface area contributed by atoms with Crippen molar-refractivity contribution in [3.05, 3.63) is 24.3 Å². The SMILES string of the molecule is CCC1CN(S(=O)(=O)c2ccc(NC)cc2)CCO1. The number of benzene rings is 1. The fraction of sp³-hybridized carbons (Fsp3) is 0.538. The Balaban J connectivity index is 2.20. The summed E-state index contributed by atoms with van der Waals surface area (Å²) in [5.41, 5.74) is 0.896. The summed E-state index contributed by atoms with van der Waals surface area (Å²) in [6.07, 6.45) is 0.824. The van der Waals surface area contributed by atoms with Gasteiger partial charge in [-0.05, 0) is 30.7 Å². The minimum Gasteiger partial charge on any atom is -0.388 e. The lowest BCUT2D eigenvalue weighted by atomic mass is 10.2. The van der Waals surface area contributed by atoms with E-state index in [1.165, 1.54) is 4.31 Å². The third-order valence-electron chi connectivity index (χ3n) is 3.34. The standard InChI is InChI=1S/C13H20N2O3S/c1-3-12-10-15(8-9-18-12)19(16,17)13-6-4-11(14-2)5-7-13/h4-7,12,14H,3,8-10H2,1-2H3. The second-order valence-corrected chi connectivity index (χ2v) is 6.48. The van der Waals surface area contributed by atoms with Crippen LogP contribution in [-0.4, -0.2) is 45.6 Å². The lowest BCUT2D eigenvalue weighted by Gasteiger charge is -2.31. The van der Waals surface area contributed by atoms with E-state index in [9.17, 15) is 8.42 Å². The van der Waals surface area contributed by atoms with Gasteiger partial charge < -0.3 is 10.1 Å². The topological polar surface area (TPSA) is 58.6 Å². The maximum absolute atomic E-state index is 12.5. The maximum atomic E-state index is 12.5. The van der Waals surface area contributed by atoms with Gasteiger partial charge in [-0.25, -0.2) is 8.42 Å². The predicted molar refractivity (Wildman–Crippen MR) is 74.8 cm³/mol. The van der Waals surface area contributed by atoms with Crippen LogP contribution in [0.5, 0.6) is 0 Å². The zero-order chi connectivity index (χ0) is 13.9. The van der Waals surface area contributed by atoms with Gasteiger partial charge in [0, 0.05) is 25.8 Å². The zero-order valence-corrected chi connectivity index (χ0v) is 12.1. The summed E-state index contributed by atoms with van der Waals surface area (Å²) in [5.74, 6) is 0. The molecule has 1 heterocycles. The van der Waals surface area contributed by atoms with Gasteiger partial charge in [0.15, 0.2) is 0 Å². The van der Waals surface area contributed by atoms with Gasteiger partial charge in [0.05, 0.1) is 17.6 Å². The summed E-state index contributed by atoms with van der Waals surface area (Å²) in [6, 6.07) is 6.81. The van der Waals surface area contributed by atoms with Crippen molar-refractivity contribution in [3.8, 4) is 0 Å². The number of anilines is 1. The molecule has 1 saturated heterocycles. The molecule has 1 fully saturated rings. The monoisotopic (exact) mass is 284 g/mol. The van der Waals surface area contributed by atoms with E-state index in [1.54, 1.807) is 31.3 Å². The van der Waals surface area contributed by atoms with E-state index in [0.29, 0.717) is 24.6 Å². The van der Waals surface area contributed by atoms with Gasteiger partial charge in [0.1, 0.15) is 0 Å². The molecule has 0 spiro atoms. The van der Waals surface area contributed by atoms with Crippen molar-refractivity contribution >= 4 is 15.7 Å². The smallest absolute Gasteiger partial charge is 0.243 e. The van der Waals surface area contributed by atoms with Crippen molar-refractivity contribution in [2.24, 2.45) is 0 Å². The fourth-order valence-corrected chi connectivity index (χ4v) is 3.56. The summed E-state index contributed by atoms with van der Waals surface area (Å²) < 4.78 is 32.0. The summed E-state index contributed by atoms with van der Waals surface area (Å²) in [7, 11) is -1.60. The molecule has 1 unspecified atom stereocenters. The first-order chi connectivity index (χ1) is 9.07. The van der Waals surface area contributed by atoms with E-state index in [1.807, 2.05) is 6.92 Å². The Labute approximate surface area is 114 Å². The molecule has 2 rings (SSSR count). The molecule has 5 nitrogen and oxygen atoms in total. The summed E-state index contributed by atoms with van der Waals surface area (Å²) in [6.45, 7) is 3.33. The molecule has 0 bridgehead atoms. The molecule has 106 valence electrons. The second kappa shape index (κ2) is 5.90. The van der Waals surface area contributed by atoms with Crippen LogP contribution < -0.4 is 5.32 Å². The minimum atomic E-state index is -3.40. The third kappa shape index (κ3) is 3.08. The van der Waals surface area contributed by atoms with Gasteiger partial charge in [0.2, 0.25) is 10.0 Å².